The number of aryl methyl sites for hydroxylation is 1. The molecule has 2 aromatic carbocycles. The zero-order chi connectivity index (χ0) is 22.1. The molecule has 0 unspecified atom stereocenters. The third kappa shape index (κ3) is 4.24. The Hall–Kier alpha value is -3.23. The Morgan fingerprint density at radius 3 is 2.59 bits per heavy atom. The first-order valence-electron chi connectivity index (χ1n) is 10.8. The number of pyridine rings is 1. The lowest BCUT2D eigenvalue weighted by Gasteiger charge is -2.26. The van der Waals surface area contributed by atoms with Gasteiger partial charge in [0.25, 0.3) is 5.56 Å². The molecule has 1 fully saturated rings. The number of fused-ring (bicyclic) bond motifs is 2. The Kier molecular flexibility index (Phi) is 5.63. The minimum absolute atomic E-state index is 0.161. The number of nitrogens with one attached hydrogen (secondary N) is 2. The van der Waals surface area contributed by atoms with Crippen molar-refractivity contribution in [1.29, 1.82) is 0 Å². The van der Waals surface area contributed by atoms with Crippen molar-refractivity contribution >= 4 is 37.1 Å². The van der Waals surface area contributed by atoms with Crippen molar-refractivity contribution in [1.82, 2.24) is 19.9 Å². The summed E-state index contributed by atoms with van der Waals surface area (Å²) in [5, 5.41) is 0.965. The van der Waals surface area contributed by atoms with Gasteiger partial charge in [0.1, 0.15) is 5.82 Å². The van der Waals surface area contributed by atoms with E-state index in [0.717, 1.165) is 54.4 Å². The van der Waals surface area contributed by atoms with Crippen LogP contribution in [0.2, 0.25) is 0 Å². The molecule has 2 aromatic heterocycles. The molecule has 0 spiro atoms. The van der Waals surface area contributed by atoms with E-state index in [9.17, 15) is 13.2 Å². The molecule has 2 N–H and O–H groups in total. The second-order valence-electron chi connectivity index (χ2n) is 8.25. The molecule has 0 aliphatic carbocycles. The first-order chi connectivity index (χ1) is 15.6. The first-order valence-corrected chi connectivity index (χ1v) is 11.9. The van der Waals surface area contributed by atoms with Crippen LogP contribution >= 0.6 is 0 Å². The Morgan fingerprint density at radius 1 is 0.969 bits per heavy atom. The Morgan fingerprint density at radius 2 is 1.78 bits per heavy atom. The Labute approximate surface area is 186 Å². The number of likely N-dealkylation sites (tertiary alicyclic amines) is 1. The van der Waals surface area contributed by atoms with Crippen LogP contribution in [-0.2, 0) is 16.7 Å². The standard InChI is InChI=1S/C24H24N4O3S/c29-24-19(15-17-5-1-2-6-20(17)27-24)23-25-21-8-7-16(14-22(21)26-23)4-3-11-28-12-9-18(10-13-28)32(30)31/h1-2,5-8,14-15H,3-4,9-13H2,(H,25,26)(H,27,29). The van der Waals surface area contributed by atoms with E-state index in [2.05, 4.69) is 32.0 Å². The van der Waals surface area contributed by atoms with Crippen molar-refractivity contribution in [3.05, 3.63) is 64.4 Å². The maximum absolute atomic E-state index is 12.6. The molecule has 8 heteroatoms. The summed E-state index contributed by atoms with van der Waals surface area (Å²) in [5.41, 5.74) is 4.14. The van der Waals surface area contributed by atoms with Crippen molar-refractivity contribution in [3.8, 4) is 11.4 Å². The van der Waals surface area contributed by atoms with Crippen molar-refractivity contribution < 1.29 is 8.42 Å². The highest BCUT2D eigenvalue weighted by atomic mass is 32.2. The molecule has 0 amide bonds. The average Bonchev–Trinajstić information content (AvgIpc) is 3.22. The van der Waals surface area contributed by atoms with Gasteiger partial charge >= 0.3 is 0 Å². The predicted molar refractivity (Wildman–Crippen MR) is 128 cm³/mol. The summed E-state index contributed by atoms with van der Waals surface area (Å²) in [6.45, 7) is 2.58. The molecule has 1 aliphatic heterocycles. The molecule has 1 aliphatic rings. The fourth-order valence-electron chi connectivity index (χ4n) is 4.36. The van der Waals surface area contributed by atoms with Crippen LogP contribution in [0.1, 0.15) is 24.8 Å². The third-order valence-corrected chi connectivity index (χ3v) is 7.02. The molecule has 32 heavy (non-hydrogen) atoms. The second kappa shape index (κ2) is 8.72. The number of para-hydroxylation sites is 1. The van der Waals surface area contributed by atoms with Crippen molar-refractivity contribution in [2.45, 2.75) is 25.7 Å². The van der Waals surface area contributed by atoms with Crippen LogP contribution in [0.3, 0.4) is 0 Å². The van der Waals surface area contributed by atoms with E-state index in [1.165, 1.54) is 5.56 Å². The Bertz CT molecular complexity index is 1480. The molecular weight excluding hydrogens is 424 g/mol. The highest BCUT2D eigenvalue weighted by molar-refractivity contribution is 7.73. The van der Waals surface area contributed by atoms with Gasteiger partial charge in [-0.15, -0.1) is 0 Å². The smallest absolute Gasteiger partial charge is 0.259 e. The third-order valence-electron chi connectivity index (χ3n) is 6.14. The van der Waals surface area contributed by atoms with E-state index in [-0.39, 0.29) is 5.56 Å². The number of hydrogen-bond donors (Lipinski definition) is 2. The number of piperidine rings is 1. The number of hydrogen-bond acceptors (Lipinski definition) is 5. The molecular formula is C24H24N4O3S. The van der Waals surface area contributed by atoms with E-state index < -0.39 is 10.3 Å². The number of benzene rings is 2. The van der Waals surface area contributed by atoms with Crippen molar-refractivity contribution in [3.63, 3.8) is 0 Å². The van der Waals surface area contributed by atoms with E-state index >= 15 is 0 Å². The lowest BCUT2D eigenvalue weighted by atomic mass is 10.1. The lowest BCUT2D eigenvalue weighted by Crippen LogP contribution is -2.35. The molecule has 0 bridgehead atoms. The summed E-state index contributed by atoms with van der Waals surface area (Å²) in [5.74, 6) is 0.570. The quantitative estimate of drug-likeness (QED) is 0.457. The van der Waals surface area contributed by atoms with Crippen LogP contribution < -0.4 is 5.56 Å². The lowest BCUT2D eigenvalue weighted by molar-refractivity contribution is 0.273. The number of nitrogens with zero attached hydrogens (tertiary/aromatic N) is 2. The highest BCUT2D eigenvalue weighted by Crippen LogP contribution is 2.22. The van der Waals surface area contributed by atoms with Gasteiger partial charge in [-0.3, -0.25) is 4.79 Å². The predicted octanol–water partition coefficient (Wildman–Crippen LogP) is 3.15. The summed E-state index contributed by atoms with van der Waals surface area (Å²) < 4.78 is 22.1. The fraction of sp³-hybridized carbons (Fsp3) is 0.292. The molecule has 5 rings (SSSR count). The molecule has 1 saturated heterocycles. The van der Waals surface area contributed by atoms with E-state index in [1.807, 2.05) is 36.4 Å². The van der Waals surface area contributed by atoms with Crippen LogP contribution in [0.15, 0.2) is 53.3 Å². The summed E-state index contributed by atoms with van der Waals surface area (Å²) in [7, 11) is -2.03. The molecule has 0 saturated carbocycles. The average molecular weight is 449 g/mol. The molecule has 3 heterocycles. The van der Waals surface area contributed by atoms with E-state index in [4.69, 9.17) is 0 Å². The monoisotopic (exact) mass is 448 g/mol. The molecule has 164 valence electrons. The molecule has 4 aromatic rings. The maximum atomic E-state index is 12.6. The van der Waals surface area contributed by atoms with Crippen LogP contribution in [-0.4, -0.2) is 52.8 Å². The molecule has 7 nitrogen and oxygen atoms in total. The van der Waals surface area contributed by atoms with Gasteiger partial charge in [-0.2, -0.15) is 8.42 Å². The van der Waals surface area contributed by atoms with Gasteiger partial charge < -0.3 is 14.9 Å². The topological polar surface area (TPSA) is 98.9 Å². The SMILES string of the molecule is O=c1[nH]c2ccccc2cc1-c1nc2ccc(CCCN3CCC(=S(=O)=O)CC3)cc2[nH]1. The fourth-order valence-corrected chi connectivity index (χ4v) is 4.88. The summed E-state index contributed by atoms with van der Waals surface area (Å²) >= 11 is 0. The zero-order valence-corrected chi connectivity index (χ0v) is 18.4. The number of aromatic amines is 2. The van der Waals surface area contributed by atoms with Gasteiger partial charge in [-0.1, -0.05) is 24.3 Å². The highest BCUT2D eigenvalue weighted by Gasteiger charge is 2.15. The number of rotatable bonds is 5. The van der Waals surface area contributed by atoms with Gasteiger partial charge in [0.05, 0.1) is 21.5 Å². The maximum Gasteiger partial charge on any atom is 0.259 e. The van der Waals surface area contributed by atoms with Gasteiger partial charge in [0.2, 0.25) is 10.3 Å². The summed E-state index contributed by atoms with van der Waals surface area (Å²) in [4.78, 5) is 26.4. The van der Waals surface area contributed by atoms with Crippen LogP contribution in [0.5, 0.6) is 0 Å². The van der Waals surface area contributed by atoms with Crippen LogP contribution in [0.4, 0.5) is 0 Å². The molecule has 0 radical (unpaired) electrons. The van der Waals surface area contributed by atoms with Gasteiger partial charge in [-0.05, 0) is 67.4 Å². The first kappa shape index (κ1) is 20.7. The minimum Gasteiger partial charge on any atom is -0.338 e. The number of aromatic nitrogens is 3. The summed E-state index contributed by atoms with van der Waals surface area (Å²) in [6.07, 6.45) is 3.23. The van der Waals surface area contributed by atoms with Crippen LogP contribution in [0.25, 0.3) is 33.3 Å². The van der Waals surface area contributed by atoms with E-state index in [0.29, 0.717) is 29.1 Å². The minimum atomic E-state index is -2.03. The summed E-state index contributed by atoms with van der Waals surface area (Å²) in [6, 6.07) is 15.7. The largest absolute Gasteiger partial charge is 0.338 e. The van der Waals surface area contributed by atoms with Gasteiger partial charge in [0, 0.05) is 18.6 Å². The van der Waals surface area contributed by atoms with E-state index in [1.54, 1.807) is 0 Å². The zero-order valence-electron chi connectivity index (χ0n) is 17.6. The van der Waals surface area contributed by atoms with Gasteiger partial charge in [0.15, 0.2) is 0 Å². The Balaban J connectivity index is 1.29. The second-order valence-corrected chi connectivity index (χ2v) is 9.30. The molecule has 0 atom stereocenters. The number of H-pyrrole nitrogens is 2. The van der Waals surface area contributed by atoms with Crippen molar-refractivity contribution in [2.24, 2.45) is 0 Å². The van der Waals surface area contributed by atoms with Crippen LogP contribution in [0, 0.1) is 0 Å². The normalized spacial score (nSPS) is 14.9. The van der Waals surface area contributed by atoms with Crippen molar-refractivity contribution in [2.75, 3.05) is 19.6 Å². The van der Waals surface area contributed by atoms with Gasteiger partial charge in [-0.25, -0.2) is 4.98 Å². The number of imidazole rings is 1.